The molecule has 1 atom stereocenters. The van der Waals surface area contributed by atoms with E-state index in [9.17, 15) is 9.59 Å². The van der Waals surface area contributed by atoms with Gasteiger partial charge in [-0.05, 0) is 32.1 Å². The van der Waals surface area contributed by atoms with Crippen molar-refractivity contribution in [1.29, 1.82) is 0 Å². The number of fused-ring (bicyclic) bond motifs is 1. The first-order valence-corrected chi connectivity index (χ1v) is 7.95. The Bertz CT molecular complexity index is 828. The second-order valence-corrected chi connectivity index (χ2v) is 5.24. The van der Waals surface area contributed by atoms with Gasteiger partial charge in [-0.2, -0.15) is 0 Å². The van der Waals surface area contributed by atoms with E-state index in [1.54, 1.807) is 31.3 Å². The summed E-state index contributed by atoms with van der Waals surface area (Å²) in [6.07, 6.45) is 2.22. The number of carbonyl (C=O) groups is 1. The van der Waals surface area contributed by atoms with Crippen molar-refractivity contribution in [1.82, 2.24) is 14.3 Å². The normalized spacial score (nSPS) is 11.8. The summed E-state index contributed by atoms with van der Waals surface area (Å²) < 4.78 is 6.54. The highest BCUT2D eigenvalue weighted by Gasteiger charge is 2.16. The molecule has 0 bridgehead atoms. The van der Waals surface area contributed by atoms with Crippen molar-refractivity contribution in [2.24, 2.45) is 0 Å². The molecule has 0 aliphatic heterocycles. The molecule has 0 spiro atoms. The SMILES string of the molecule is CCN(CC)CC#C[C@H](C)OC(=O)c1cnc2ccccn2c1=O. The summed E-state index contributed by atoms with van der Waals surface area (Å²) >= 11 is 0. The Kier molecular flexibility index (Phi) is 6.10. The van der Waals surface area contributed by atoms with E-state index >= 15 is 0 Å². The summed E-state index contributed by atoms with van der Waals surface area (Å²) in [6.45, 7) is 8.26. The molecule has 2 heterocycles. The van der Waals surface area contributed by atoms with Crippen LogP contribution in [0.15, 0.2) is 35.4 Å². The van der Waals surface area contributed by atoms with Crippen molar-refractivity contribution >= 4 is 11.6 Å². The molecular weight excluding hydrogens is 306 g/mol. The van der Waals surface area contributed by atoms with Gasteiger partial charge in [-0.1, -0.05) is 31.8 Å². The van der Waals surface area contributed by atoms with Gasteiger partial charge in [-0.15, -0.1) is 0 Å². The maximum atomic E-state index is 12.3. The number of nitrogens with zero attached hydrogens (tertiary/aromatic N) is 3. The van der Waals surface area contributed by atoms with Crippen LogP contribution in [-0.2, 0) is 4.74 Å². The largest absolute Gasteiger partial charge is 0.446 e. The first kappa shape index (κ1) is 17.7. The van der Waals surface area contributed by atoms with Gasteiger partial charge in [0.05, 0.1) is 6.54 Å². The highest BCUT2D eigenvalue weighted by molar-refractivity contribution is 5.89. The van der Waals surface area contributed by atoms with Gasteiger partial charge in [0, 0.05) is 12.4 Å². The average Bonchev–Trinajstić information content (AvgIpc) is 2.59. The lowest BCUT2D eigenvalue weighted by molar-refractivity contribution is 0.0435. The summed E-state index contributed by atoms with van der Waals surface area (Å²) in [4.78, 5) is 30.7. The number of esters is 1. The topological polar surface area (TPSA) is 63.9 Å². The van der Waals surface area contributed by atoms with Gasteiger partial charge in [0.1, 0.15) is 11.2 Å². The fraction of sp³-hybridized carbons (Fsp3) is 0.389. The number of hydrogen-bond acceptors (Lipinski definition) is 5. The van der Waals surface area contributed by atoms with E-state index in [1.807, 2.05) is 0 Å². The summed E-state index contributed by atoms with van der Waals surface area (Å²) in [7, 11) is 0. The lowest BCUT2D eigenvalue weighted by Crippen LogP contribution is -2.26. The van der Waals surface area contributed by atoms with Crippen LogP contribution in [0.25, 0.3) is 5.65 Å². The van der Waals surface area contributed by atoms with Crippen LogP contribution in [-0.4, -0.2) is 46.0 Å². The molecule has 0 saturated heterocycles. The molecule has 2 aromatic rings. The monoisotopic (exact) mass is 327 g/mol. The molecular formula is C18H21N3O3. The van der Waals surface area contributed by atoms with Gasteiger partial charge in [0.2, 0.25) is 0 Å². The van der Waals surface area contributed by atoms with Crippen molar-refractivity contribution in [2.75, 3.05) is 19.6 Å². The lowest BCUT2D eigenvalue weighted by Gasteiger charge is -2.13. The van der Waals surface area contributed by atoms with Gasteiger partial charge in [-0.3, -0.25) is 14.1 Å². The highest BCUT2D eigenvalue weighted by atomic mass is 16.5. The van der Waals surface area contributed by atoms with Gasteiger partial charge < -0.3 is 4.74 Å². The molecule has 0 unspecified atom stereocenters. The summed E-state index contributed by atoms with van der Waals surface area (Å²) in [6, 6.07) is 5.16. The predicted octanol–water partition coefficient (Wildman–Crippen LogP) is 1.58. The summed E-state index contributed by atoms with van der Waals surface area (Å²) in [5.74, 6) is 5.15. The Balaban J connectivity index is 2.09. The van der Waals surface area contributed by atoms with Crippen molar-refractivity contribution in [3.8, 4) is 11.8 Å². The minimum atomic E-state index is -0.713. The van der Waals surface area contributed by atoms with E-state index in [1.165, 1.54) is 10.6 Å². The Morgan fingerprint density at radius 1 is 1.38 bits per heavy atom. The zero-order valence-electron chi connectivity index (χ0n) is 14.2. The first-order valence-electron chi connectivity index (χ1n) is 7.95. The van der Waals surface area contributed by atoms with E-state index in [4.69, 9.17) is 4.74 Å². The Morgan fingerprint density at radius 3 is 2.83 bits per heavy atom. The summed E-state index contributed by atoms with van der Waals surface area (Å²) in [5, 5.41) is 0. The molecule has 0 aromatic carbocycles. The smallest absolute Gasteiger partial charge is 0.346 e. The van der Waals surface area contributed by atoms with Crippen LogP contribution in [0.2, 0.25) is 0 Å². The van der Waals surface area contributed by atoms with E-state index < -0.39 is 17.6 Å². The number of carbonyl (C=O) groups excluding carboxylic acids is 1. The predicted molar refractivity (Wildman–Crippen MR) is 91.9 cm³/mol. The standard InChI is InChI=1S/C18H21N3O3/c1-4-20(5-2)11-8-9-14(3)24-18(23)15-13-19-16-10-6-7-12-21(16)17(15)22/h6-7,10,12-14H,4-5,11H2,1-3H3/t14-/m0/s1. The third-order valence-corrected chi connectivity index (χ3v) is 3.62. The van der Waals surface area contributed by atoms with E-state index in [0.29, 0.717) is 12.2 Å². The van der Waals surface area contributed by atoms with Crippen molar-refractivity contribution in [3.63, 3.8) is 0 Å². The van der Waals surface area contributed by atoms with E-state index in [0.717, 1.165) is 13.1 Å². The van der Waals surface area contributed by atoms with Crippen LogP contribution in [0, 0.1) is 11.8 Å². The van der Waals surface area contributed by atoms with Gasteiger partial charge in [-0.25, -0.2) is 9.78 Å². The Labute approximate surface area is 141 Å². The fourth-order valence-corrected chi connectivity index (χ4v) is 2.17. The molecule has 0 radical (unpaired) electrons. The van der Waals surface area contributed by atoms with Crippen LogP contribution in [0.1, 0.15) is 31.1 Å². The number of pyridine rings is 1. The molecule has 126 valence electrons. The molecule has 24 heavy (non-hydrogen) atoms. The molecule has 2 aromatic heterocycles. The van der Waals surface area contributed by atoms with Crippen LogP contribution >= 0.6 is 0 Å². The second kappa shape index (κ2) is 8.27. The van der Waals surface area contributed by atoms with Crippen molar-refractivity contribution in [2.45, 2.75) is 26.9 Å². The molecule has 2 rings (SSSR count). The van der Waals surface area contributed by atoms with E-state index in [2.05, 4.69) is 35.6 Å². The van der Waals surface area contributed by atoms with Crippen LogP contribution in [0.5, 0.6) is 0 Å². The minimum Gasteiger partial charge on any atom is -0.446 e. The van der Waals surface area contributed by atoms with Gasteiger partial charge in [0.25, 0.3) is 5.56 Å². The quantitative estimate of drug-likeness (QED) is 0.616. The van der Waals surface area contributed by atoms with Crippen LogP contribution in [0.4, 0.5) is 0 Å². The van der Waals surface area contributed by atoms with Crippen LogP contribution in [0.3, 0.4) is 0 Å². The Morgan fingerprint density at radius 2 is 2.12 bits per heavy atom. The number of aromatic nitrogens is 2. The molecule has 6 heteroatoms. The van der Waals surface area contributed by atoms with Gasteiger partial charge >= 0.3 is 5.97 Å². The molecule has 0 amide bonds. The highest BCUT2D eigenvalue weighted by Crippen LogP contribution is 2.01. The molecule has 0 N–H and O–H groups in total. The van der Waals surface area contributed by atoms with Crippen molar-refractivity contribution < 1.29 is 9.53 Å². The maximum absolute atomic E-state index is 12.3. The zero-order valence-corrected chi connectivity index (χ0v) is 14.2. The third-order valence-electron chi connectivity index (χ3n) is 3.62. The number of rotatable bonds is 5. The van der Waals surface area contributed by atoms with Gasteiger partial charge in [0.15, 0.2) is 6.10 Å². The maximum Gasteiger partial charge on any atom is 0.346 e. The molecule has 0 saturated carbocycles. The molecule has 0 aliphatic carbocycles. The Hall–Kier alpha value is -2.65. The minimum absolute atomic E-state index is 0.101. The lowest BCUT2D eigenvalue weighted by atomic mass is 10.3. The molecule has 0 fully saturated rings. The molecule has 0 aliphatic rings. The zero-order chi connectivity index (χ0) is 17.5. The number of ether oxygens (including phenoxy) is 1. The fourth-order valence-electron chi connectivity index (χ4n) is 2.17. The second-order valence-electron chi connectivity index (χ2n) is 5.24. The molecule has 6 nitrogen and oxygen atoms in total. The van der Waals surface area contributed by atoms with Crippen molar-refractivity contribution in [3.05, 3.63) is 46.5 Å². The third kappa shape index (κ3) is 4.21. The number of hydrogen-bond donors (Lipinski definition) is 0. The van der Waals surface area contributed by atoms with E-state index in [-0.39, 0.29) is 5.56 Å². The first-order chi connectivity index (χ1) is 11.6. The summed E-state index contributed by atoms with van der Waals surface area (Å²) in [5.41, 5.74) is -0.0731. The average molecular weight is 327 g/mol. The van der Waals surface area contributed by atoms with Crippen LogP contribution < -0.4 is 5.56 Å².